The van der Waals surface area contributed by atoms with Crippen molar-refractivity contribution in [3.8, 4) is 23.1 Å². The molecule has 0 atom stereocenters. The van der Waals surface area contributed by atoms with Gasteiger partial charge in [-0.3, -0.25) is 0 Å². The first-order valence-corrected chi connectivity index (χ1v) is 11.4. The molecule has 2 aromatic heterocycles. The summed E-state index contributed by atoms with van der Waals surface area (Å²) in [6.07, 6.45) is 9.74. The van der Waals surface area contributed by atoms with Crippen LogP contribution in [0.25, 0.3) is 17.0 Å². The van der Waals surface area contributed by atoms with E-state index in [1.807, 2.05) is 0 Å². The molecule has 1 aliphatic rings. The van der Waals surface area contributed by atoms with E-state index in [0.717, 1.165) is 36.9 Å². The van der Waals surface area contributed by atoms with Crippen LogP contribution in [0.4, 0.5) is 0 Å². The number of aliphatic hydroxyl groups is 1. The fraction of sp³-hybridized carbons (Fsp3) is 0.385. The van der Waals surface area contributed by atoms with E-state index in [9.17, 15) is 5.11 Å². The number of benzene rings is 1. The molecule has 33 heavy (non-hydrogen) atoms. The lowest BCUT2D eigenvalue weighted by molar-refractivity contribution is 0.252. The van der Waals surface area contributed by atoms with Crippen molar-refractivity contribution in [1.82, 2.24) is 19.9 Å². The second-order valence-corrected chi connectivity index (χ2v) is 8.26. The third kappa shape index (κ3) is 5.37. The summed E-state index contributed by atoms with van der Waals surface area (Å²) in [7, 11) is 1.57. The molecular weight excluding hydrogens is 416 g/mol. The number of rotatable bonds is 10. The summed E-state index contributed by atoms with van der Waals surface area (Å²) in [5.41, 5.74) is 5.61. The highest BCUT2D eigenvalue weighted by Gasteiger charge is 2.31. The molecule has 7 nitrogen and oxygen atoms in total. The number of aliphatic hydroxyl groups excluding tert-OH is 1. The van der Waals surface area contributed by atoms with Crippen LogP contribution in [0.15, 0.2) is 42.9 Å². The lowest BCUT2D eigenvalue weighted by Gasteiger charge is -2.14. The summed E-state index contributed by atoms with van der Waals surface area (Å²) >= 11 is 0. The molecule has 3 aromatic rings. The molecule has 0 unspecified atom stereocenters. The number of allylic oxidation sites excluding steroid dienone is 2. The fourth-order valence-electron chi connectivity index (χ4n) is 3.65. The number of ether oxygens (including phenoxy) is 2. The van der Waals surface area contributed by atoms with Crippen LogP contribution in [0.5, 0.6) is 11.8 Å². The van der Waals surface area contributed by atoms with Crippen LogP contribution >= 0.6 is 0 Å². The Bertz CT molecular complexity index is 1120. The number of unbranched alkanes of at least 4 members (excludes halogenated alkanes) is 1. The molecule has 2 heterocycles. The predicted molar refractivity (Wildman–Crippen MR) is 127 cm³/mol. The van der Waals surface area contributed by atoms with Gasteiger partial charge in [-0.2, -0.15) is 4.98 Å². The van der Waals surface area contributed by atoms with Crippen molar-refractivity contribution in [1.29, 1.82) is 0 Å². The molecule has 7 heteroatoms. The third-order valence-electron chi connectivity index (χ3n) is 5.74. The van der Waals surface area contributed by atoms with Gasteiger partial charge in [0.2, 0.25) is 11.8 Å². The highest BCUT2D eigenvalue weighted by Crippen LogP contribution is 2.45. The summed E-state index contributed by atoms with van der Waals surface area (Å²) in [5, 5.41) is 9.78. The maximum absolute atomic E-state index is 9.78. The van der Waals surface area contributed by atoms with Crippen LogP contribution in [0.2, 0.25) is 0 Å². The van der Waals surface area contributed by atoms with Crippen molar-refractivity contribution in [3.05, 3.63) is 65.2 Å². The highest BCUT2D eigenvalue weighted by atomic mass is 16.5. The first kappa shape index (κ1) is 22.9. The van der Waals surface area contributed by atoms with Gasteiger partial charge < -0.3 is 14.6 Å². The summed E-state index contributed by atoms with van der Waals surface area (Å²) in [6, 6.07) is 8.32. The molecule has 0 spiro atoms. The number of aromatic nitrogens is 4. The quantitative estimate of drug-likeness (QED) is 0.464. The second kappa shape index (κ2) is 10.5. The van der Waals surface area contributed by atoms with Gasteiger partial charge in [-0.15, -0.1) is 0 Å². The zero-order chi connectivity index (χ0) is 23.2. The Hall–Kier alpha value is -3.32. The molecule has 0 aliphatic heterocycles. The Morgan fingerprint density at radius 3 is 2.58 bits per heavy atom. The lowest BCUT2D eigenvalue weighted by atomic mass is 10.0. The van der Waals surface area contributed by atoms with Crippen molar-refractivity contribution < 1.29 is 14.6 Å². The standard InChI is InChI=1S/C26H30N4O3/c1-4-5-6-17(2)19-9-7-18(8-10-19)15-33-25-21(14-31)13-27-24(30-25)22-23(20-11-12-20)28-16-29-26(22)32-3/h6-10,13,16,20,31H,4-5,11-12,14-15H2,1-3H3. The number of nitrogens with zero attached hydrogens (tertiary/aromatic N) is 4. The SMILES string of the molecule is CCCC=C(C)c1ccc(COc2nc(-c3c(OC)ncnc3C3CC3)ncc2CO)cc1. The Kier molecular flexibility index (Phi) is 7.29. The molecule has 1 aromatic carbocycles. The van der Waals surface area contributed by atoms with Crippen LogP contribution < -0.4 is 9.47 Å². The van der Waals surface area contributed by atoms with Gasteiger partial charge in [0, 0.05) is 12.1 Å². The lowest BCUT2D eigenvalue weighted by Crippen LogP contribution is -2.06. The van der Waals surface area contributed by atoms with E-state index in [4.69, 9.17) is 9.47 Å². The minimum atomic E-state index is -0.214. The zero-order valence-corrected chi connectivity index (χ0v) is 19.4. The number of methoxy groups -OCH3 is 1. The van der Waals surface area contributed by atoms with Gasteiger partial charge >= 0.3 is 0 Å². The van der Waals surface area contributed by atoms with Gasteiger partial charge in [0.15, 0.2) is 5.82 Å². The zero-order valence-electron chi connectivity index (χ0n) is 19.4. The molecule has 1 aliphatic carbocycles. The second-order valence-electron chi connectivity index (χ2n) is 8.26. The third-order valence-corrected chi connectivity index (χ3v) is 5.74. The van der Waals surface area contributed by atoms with E-state index in [-0.39, 0.29) is 6.61 Å². The van der Waals surface area contributed by atoms with Crippen molar-refractivity contribution in [2.45, 2.75) is 58.7 Å². The van der Waals surface area contributed by atoms with Crippen molar-refractivity contribution in [3.63, 3.8) is 0 Å². The summed E-state index contributed by atoms with van der Waals surface area (Å²) in [5.74, 6) is 1.60. The van der Waals surface area contributed by atoms with E-state index in [1.54, 1.807) is 13.3 Å². The molecule has 4 rings (SSSR count). The normalized spacial score (nSPS) is 13.8. The van der Waals surface area contributed by atoms with Gasteiger partial charge in [-0.25, -0.2) is 15.0 Å². The van der Waals surface area contributed by atoms with Crippen molar-refractivity contribution in [2.75, 3.05) is 7.11 Å². The smallest absolute Gasteiger partial charge is 0.227 e. The molecule has 1 fully saturated rings. The monoisotopic (exact) mass is 446 g/mol. The van der Waals surface area contributed by atoms with Crippen LogP contribution in [0, 0.1) is 0 Å². The maximum atomic E-state index is 9.78. The predicted octanol–water partition coefficient (Wildman–Crippen LogP) is 5.09. The van der Waals surface area contributed by atoms with Gasteiger partial charge in [-0.05, 0) is 42.9 Å². The Morgan fingerprint density at radius 2 is 1.91 bits per heavy atom. The number of hydrogen-bond donors (Lipinski definition) is 1. The van der Waals surface area contributed by atoms with Crippen LogP contribution in [-0.2, 0) is 13.2 Å². The Labute approximate surface area is 194 Å². The fourth-order valence-corrected chi connectivity index (χ4v) is 3.65. The summed E-state index contributed by atoms with van der Waals surface area (Å²) < 4.78 is 11.5. The average Bonchev–Trinajstić information content (AvgIpc) is 3.71. The largest absolute Gasteiger partial charge is 0.480 e. The minimum absolute atomic E-state index is 0.214. The molecule has 0 saturated heterocycles. The Balaban J connectivity index is 1.57. The van der Waals surface area contributed by atoms with E-state index in [0.29, 0.717) is 41.2 Å². The average molecular weight is 447 g/mol. The van der Waals surface area contributed by atoms with Crippen LogP contribution in [0.3, 0.4) is 0 Å². The van der Waals surface area contributed by atoms with E-state index >= 15 is 0 Å². The van der Waals surface area contributed by atoms with Crippen molar-refractivity contribution >= 4 is 5.57 Å². The first-order chi connectivity index (χ1) is 16.1. The van der Waals surface area contributed by atoms with Gasteiger partial charge in [0.25, 0.3) is 0 Å². The topological polar surface area (TPSA) is 90.3 Å². The minimum Gasteiger partial charge on any atom is -0.480 e. The highest BCUT2D eigenvalue weighted by molar-refractivity contribution is 5.66. The van der Waals surface area contributed by atoms with Crippen molar-refractivity contribution in [2.24, 2.45) is 0 Å². The first-order valence-electron chi connectivity index (χ1n) is 11.4. The molecule has 0 radical (unpaired) electrons. The molecule has 0 amide bonds. The van der Waals surface area contributed by atoms with E-state index in [1.165, 1.54) is 17.5 Å². The van der Waals surface area contributed by atoms with Gasteiger partial charge in [-0.1, -0.05) is 43.7 Å². The molecular formula is C26H30N4O3. The van der Waals surface area contributed by atoms with Gasteiger partial charge in [0.05, 0.1) is 25.0 Å². The van der Waals surface area contributed by atoms with Crippen LogP contribution in [0.1, 0.15) is 67.8 Å². The summed E-state index contributed by atoms with van der Waals surface area (Å²) in [4.78, 5) is 17.8. The molecule has 1 saturated carbocycles. The number of hydrogen-bond acceptors (Lipinski definition) is 7. The van der Waals surface area contributed by atoms with Gasteiger partial charge in [0.1, 0.15) is 18.5 Å². The molecule has 0 bridgehead atoms. The molecule has 172 valence electrons. The molecule has 1 N–H and O–H groups in total. The van der Waals surface area contributed by atoms with E-state index < -0.39 is 0 Å². The summed E-state index contributed by atoms with van der Waals surface area (Å²) in [6.45, 7) is 4.43. The van der Waals surface area contributed by atoms with Crippen LogP contribution in [-0.4, -0.2) is 32.2 Å². The maximum Gasteiger partial charge on any atom is 0.227 e. The Morgan fingerprint density at radius 1 is 1.12 bits per heavy atom. The van der Waals surface area contributed by atoms with E-state index in [2.05, 4.69) is 64.1 Å².